The van der Waals surface area contributed by atoms with E-state index in [0.717, 1.165) is 12.1 Å². The molecule has 1 heterocycles. The number of benzene rings is 2. The normalized spacial score (nSPS) is 11.9. The van der Waals surface area contributed by atoms with E-state index in [0.29, 0.717) is 22.4 Å². The fourth-order valence-electron chi connectivity index (χ4n) is 3.48. The molecule has 1 amide bonds. The summed E-state index contributed by atoms with van der Waals surface area (Å²) in [7, 11) is 0. The summed E-state index contributed by atoms with van der Waals surface area (Å²) in [5.41, 5.74) is 6.76. The third-order valence-electron chi connectivity index (χ3n) is 4.80. The highest BCUT2D eigenvalue weighted by atomic mass is 35.5. The number of hydrogen-bond donors (Lipinski definition) is 1. The number of Topliss-reactive ketones (excluding diaryl/α,β-unsaturated/α-hetero) is 1. The van der Waals surface area contributed by atoms with Crippen molar-refractivity contribution >= 4 is 23.3 Å². The van der Waals surface area contributed by atoms with Crippen LogP contribution in [0.3, 0.4) is 0 Å². The molecule has 0 saturated carbocycles. The number of alkyl halides is 1. The van der Waals surface area contributed by atoms with Gasteiger partial charge in [0.15, 0.2) is 0 Å². The van der Waals surface area contributed by atoms with Crippen LogP contribution in [0.25, 0.3) is 11.1 Å². The molecule has 3 rings (SSSR count). The Balaban J connectivity index is 2.09. The van der Waals surface area contributed by atoms with Crippen molar-refractivity contribution in [2.24, 2.45) is 5.73 Å². The molecule has 0 bridgehead atoms. The number of carbonyl (C=O) groups is 2. The van der Waals surface area contributed by atoms with Crippen LogP contribution in [0.5, 0.6) is 0 Å². The summed E-state index contributed by atoms with van der Waals surface area (Å²) in [6.07, 6.45) is 1.61. The maximum atomic E-state index is 13.9. The molecular weight excluding hydrogens is 429 g/mol. The lowest BCUT2D eigenvalue weighted by molar-refractivity contribution is -0.117. The van der Waals surface area contributed by atoms with Gasteiger partial charge in [0, 0.05) is 30.2 Å². The van der Waals surface area contributed by atoms with Gasteiger partial charge in [-0.15, -0.1) is 11.6 Å². The lowest BCUT2D eigenvalue weighted by Gasteiger charge is -2.19. The lowest BCUT2D eigenvalue weighted by atomic mass is 9.87. The maximum Gasteiger partial charge on any atom is 0.251 e. The number of nitrogens with two attached hydrogens (primary N) is 1. The third kappa shape index (κ3) is 5.49. The van der Waals surface area contributed by atoms with Gasteiger partial charge in [0.1, 0.15) is 23.2 Å². The van der Waals surface area contributed by atoms with E-state index in [2.05, 4.69) is 4.98 Å². The zero-order valence-electron chi connectivity index (χ0n) is 16.2. The Morgan fingerprint density at radius 1 is 1.03 bits per heavy atom. The Labute approximate surface area is 181 Å². The maximum absolute atomic E-state index is 13.9. The van der Waals surface area contributed by atoms with Gasteiger partial charge in [0.05, 0.1) is 17.1 Å². The van der Waals surface area contributed by atoms with E-state index in [1.54, 1.807) is 12.1 Å². The molecule has 31 heavy (non-hydrogen) atoms. The quantitative estimate of drug-likeness (QED) is 0.506. The standard InChI is InChI=1S/C23H18ClF3N2O2/c24-12-18(30)9-15(6-13-7-16(25)11-17(26)8-13)22-19(2-1-5-29-22)14-3-4-21(27)20(10-14)23(28)31/h1-5,7-8,10-11,15H,6,9,12H2,(H2,28,31)/t15-/m1/s1. The SMILES string of the molecule is NC(=O)c1cc(-c2cccnc2[C@@H](CC(=O)CCl)Cc2cc(F)cc(F)c2)ccc1F. The van der Waals surface area contributed by atoms with Crippen LogP contribution in [0.2, 0.25) is 0 Å². The molecule has 0 saturated heterocycles. The van der Waals surface area contributed by atoms with E-state index in [9.17, 15) is 22.8 Å². The number of nitrogens with zero attached hydrogens (tertiary/aromatic N) is 1. The van der Waals surface area contributed by atoms with Crippen LogP contribution in [-0.2, 0) is 11.2 Å². The number of aromatic nitrogens is 1. The van der Waals surface area contributed by atoms with Gasteiger partial charge in [-0.2, -0.15) is 0 Å². The van der Waals surface area contributed by atoms with Crippen molar-refractivity contribution in [2.45, 2.75) is 18.8 Å². The monoisotopic (exact) mass is 446 g/mol. The highest BCUT2D eigenvalue weighted by Crippen LogP contribution is 2.33. The van der Waals surface area contributed by atoms with Crippen molar-refractivity contribution in [3.63, 3.8) is 0 Å². The van der Waals surface area contributed by atoms with Gasteiger partial charge < -0.3 is 5.73 Å². The predicted molar refractivity (Wildman–Crippen MR) is 111 cm³/mol. The number of carbonyl (C=O) groups excluding carboxylic acids is 2. The molecule has 1 atom stereocenters. The molecule has 2 aromatic carbocycles. The number of pyridine rings is 1. The van der Waals surface area contributed by atoms with E-state index in [-0.39, 0.29) is 30.1 Å². The summed E-state index contributed by atoms with van der Waals surface area (Å²) in [5.74, 6) is -4.20. The van der Waals surface area contributed by atoms with Gasteiger partial charge in [0.25, 0.3) is 5.91 Å². The lowest BCUT2D eigenvalue weighted by Crippen LogP contribution is -2.15. The van der Waals surface area contributed by atoms with Crippen LogP contribution in [0, 0.1) is 17.5 Å². The van der Waals surface area contributed by atoms with Gasteiger partial charge in [-0.3, -0.25) is 14.6 Å². The Hall–Kier alpha value is -3.19. The van der Waals surface area contributed by atoms with E-state index >= 15 is 0 Å². The smallest absolute Gasteiger partial charge is 0.251 e. The number of primary amides is 1. The zero-order valence-corrected chi connectivity index (χ0v) is 17.0. The summed E-state index contributed by atoms with van der Waals surface area (Å²) in [6.45, 7) is 0. The molecule has 0 radical (unpaired) electrons. The first-order valence-electron chi connectivity index (χ1n) is 9.35. The number of amides is 1. The minimum absolute atomic E-state index is 0.0183. The van der Waals surface area contributed by atoms with Crippen LogP contribution < -0.4 is 5.73 Å². The summed E-state index contributed by atoms with van der Waals surface area (Å²) in [4.78, 5) is 28.1. The van der Waals surface area contributed by atoms with Gasteiger partial charge in [0.2, 0.25) is 0 Å². The fraction of sp³-hybridized carbons (Fsp3) is 0.174. The topological polar surface area (TPSA) is 73.1 Å². The predicted octanol–water partition coefficient (Wildman–Crippen LogP) is 4.79. The summed E-state index contributed by atoms with van der Waals surface area (Å²) >= 11 is 5.68. The molecule has 0 aliphatic carbocycles. The molecular formula is C23H18ClF3N2O2. The van der Waals surface area contributed by atoms with E-state index in [4.69, 9.17) is 17.3 Å². The first kappa shape index (κ1) is 22.5. The second kappa shape index (κ2) is 9.75. The van der Waals surface area contributed by atoms with Gasteiger partial charge >= 0.3 is 0 Å². The highest BCUT2D eigenvalue weighted by Gasteiger charge is 2.23. The van der Waals surface area contributed by atoms with Crippen LogP contribution in [0.1, 0.15) is 34.0 Å². The molecule has 3 aromatic rings. The zero-order chi connectivity index (χ0) is 22.5. The van der Waals surface area contributed by atoms with Crippen LogP contribution in [-0.4, -0.2) is 22.6 Å². The first-order chi connectivity index (χ1) is 14.8. The number of halogens is 4. The highest BCUT2D eigenvalue weighted by molar-refractivity contribution is 6.27. The number of ketones is 1. The first-order valence-corrected chi connectivity index (χ1v) is 9.89. The Morgan fingerprint density at radius 2 is 1.74 bits per heavy atom. The minimum Gasteiger partial charge on any atom is -0.366 e. The molecule has 0 fully saturated rings. The average molecular weight is 447 g/mol. The largest absolute Gasteiger partial charge is 0.366 e. The van der Waals surface area contributed by atoms with E-state index in [1.165, 1.54) is 30.5 Å². The Bertz CT molecular complexity index is 1120. The third-order valence-corrected chi connectivity index (χ3v) is 5.09. The van der Waals surface area contributed by atoms with E-state index in [1.807, 2.05) is 0 Å². The van der Waals surface area contributed by atoms with Crippen LogP contribution in [0.15, 0.2) is 54.7 Å². The molecule has 1 aromatic heterocycles. The summed E-state index contributed by atoms with van der Waals surface area (Å²) in [5, 5.41) is 0. The molecule has 2 N–H and O–H groups in total. The van der Waals surface area contributed by atoms with Crippen molar-refractivity contribution in [2.75, 3.05) is 5.88 Å². The van der Waals surface area contributed by atoms with Crippen molar-refractivity contribution in [1.82, 2.24) is 4.98 Å². The molecule has 0 spiro atoms. The minimum atomic E-state index is -0.922. The van der Waals surface area contributed by atoms with Crippen molar-refractivity contribution in [3.05, 3.63) is 89.0 Å². The fourth-order valence-corrected chi connectivity index (χ4v) is 3.59. The van der Waals surface area contributed by atoms with Crippen molar-refractivity contribution < 1.29 is 22.8 Å². The number of hydrogen-bond acceptors (Lipinski definition) is 3. The molecule has 8 heteroatoms. The average Bonchev–Trinajstić information content (AvgIpc) is 2.72. The van der Waals surface area contributed by atoms with Crippen molar-refractivity contribution in [1.29, 1.82) is 0 Å². The van der Waals surface area contributed by atoms with E-state index < -0.39 is 29.3 Å². The van der Waals surface area contributed by atoms with Gasteiger partial charge in [-0.25, -0.2) is 13.2 Å². The van der Waals surface area contributed by atoms with Gasteiger partial charge in [-0.1, -0.05) is 12.1 Å². The van der Waals surface area contributed by atoms with Gasteiger partial charge in [-0.05, 0) is 47.9 Å². The van der Waals surface area contributed by atoms with Crippen molar-refractivity contribution in [3.8, 4) is 11.1 Å². The van der Waals surface area contributed by atoms with Crippen LogP contribution in [0.4, 0.5) is 13.2 Å². The Morgan fingerprint density at radius 3 is 2.39 bits per heavy atom. The molecule has 4 nitrogen and oxygen atoms in total. The second-order valence-corrected chi connectivity index (χ2v) is 7.32. The summed E-state index contributed by atoms with van der Waals surface area (Å²) < 4.78 is 41.3. The molecule has 0 aliphatic heterocycles. The number of rotatable bonds is 8. The second-order valence-electron chi connectivity index (χ2n) is 7.05. The molecule has 0 aliphatic rings. The summed E-state index contributed by atoms with van der Waals surface area (Å²) in [6, 6.07) is 10.4. The molecule has 160 valence electrons. The molecule has 0 unspecified atom stereocenters. The Kier molecular flexibility index (Phi) is 7.07. The van der Waals surface area contributed by atoms with Crippen LogP contribution >= 0.6 is 11.6 Å².